The van der Waals surface area contributed by atoms with E-state index in [1.165, 1.54) is 13.2 Å². The standard InChI is InChI=1S/C14H19NO3/c1-14(2)6-7-15(9-14)13(17)11-5-4-10(18-3)8-12(11)16/h4-5,8,16H,6-7,9H2,1-3H3. The molecule has 1 aliphatic heterocycles. The molecule has 0 radical (unpaired) electrons. The highest BCUT2D eigenvalue weighted by Gasteiger charge is 2.33. The van der Waals surface area contributed by atoms with Crippen LogP contribution in [0.15, 0.2) is 18.2 Å². The largest absolute Gasteiger partial charge is 0.507 e. The summed E-state index contributed by atoms with van der Waals surface area (Å²) in [4.78, 5) is 14.1. The molecule has 1 saturated heterocycles. The van der Waals surface area contributed by atoms with Gasteiger partial charge in [-0.1, -0.05) is 13.8 Å². The van der Waals surface area contributed by atoms with Gasteiger partial charge in [0.05, 0.1) is 12.7 Å². The molecule has 1 aliphatic rings. The number of nitrogens with zero attached hydrogens (tertiary/aromatic N) is 1. The van der Waals surface area contributed by atoms with Gasteiger partial charge in [0, 0.05) is 19.2 Å². The van der Waals surface area contributed by atoms with Gasteiger partial charge < -0.3 is 14.7 Å². The van der Waals surface area contributed by atoms with Gasteiger partial charge in [0.25, 0.3) is 5.91 Å². The van der Waals surface area contributed by atoms with Crippen LogP contribution in [-0.4, -0.2) is 36.1 Å². The normalized spacial score (nSPS) is 17.8. The van der Waals surface area contributed by atoms with E-state index in [1.54, 1.807) is 17.0 Å². The minimum atomic E-state index is -0.110. The molecule has 1 amide bonds. The Labute approximate surface area is 107 Å². The van der Waals surface area contributed by atoms with E-state index in [1.807, 2.05) is 0 Å². The summed E-state index contributed by atoms with van der Waals surface area (Å²) in [5.41, 5.74) is 0.506. The lowest BCUT2D eigenvalue weighted by molar-refractivity contribution is 0.0775. The van der Waals surface area contributed by atoms with Gasteiger partial charge in [0.1, 0.15) is 11.5 Å². The minimum absolute atomic E-state index is 0.0240. The van der Waals surface area contributed by atoms with E-state index in [0.29, 0.717) is 11.3 Å². The van der Waals surface area contributed by atoms with Gasteiger partial charge in [0.2, 0.25) is 0 Å². The molecule has 2 rings (SSSR count). The van der Waals surface area contributed by atoms with E-state index in [0.717, 1.165) is 19.5 Å². The molecule has 0 spiro atoms. The zero-order valence-corrected chi connectivity index (χ0v) is 11.1. The number of amides is 1. The van der Waals surface area contributed by atoms with Crippen LogP contribution in [0.4, 0.5) is 0 Å². The number of rotatable bonds is 2. The molecule has 0 unspecified atom stereocenters. The van der Waals surface area contributed by atoms with Crippen LogP contribution in [0.2, 0.25) is 0 Å². The molecule has 4 heteroatoms. The van der Waals surface area contributed by atoms with Crippen molar-refractivity contribution in [1.82, 2.24) is 4.90 Å². The third-order valence-corrected chi connectivity index (χ3v) is 3.40. The van der Waals surface area contributed by atoms with Gasteiger partial charge in [-0.3, -0.25) is 4.79 Å². The van der Waals surface area contributed by atoms with E-state index >= 15 is 0 Å². The lowest BCUT2D eigenvalue weighted by Crippen LogP contribution is -2.30. The molecule has 1 fully saturated rings. The first kappa shape index (κ1) is 12.7. The van der Waals surface area contributed by atoms with Crippen molar-refractivity contribution in [2.24, 2.45) is 5.41 Å². The van der Waals surface area contributed by atoms with E-state index < -0.39 is 0 Å². The zero-order valence-electron chi connectivity index (χ0n) is 11.1. The smallest absolute Gasteiger partial charge is 0.257 e. The number of hydrogen-bond donors (Lipinski definition) is 1. The lowest BCUT2D eigenvalue weighted by Gasteiger charge is -2.20. The van der Waals surface area contributed by atoms with Crippen LogP contribution >= 0.6 is 0 Å². The Morgan fingerprint density at radius 2 is 2.17 bits per heavy atom. The maximum atomic E-state index is 12.3. The van der Waals surface area contributed by atoms with Crippen molar-refractivity contribution >= 4 is 5.91 Å². The first-order valence-corrected chi connectivity index (χ1v) is 6.09. The fraction of sp³-hybridized carbons (Fsp3) is 0.500. The number of aromatic hydroxyl groups is 1. The number of carbonyl (C=O) groups excluding carboxylic acids is 1. The maximum Gasteiger partial charge on any atom is 0.257 e. The van der Waals surface area contributed by atoms with Gasteiger partial charge in [-0.05, 0) is 24.0 Å². The highest BCUT2D eigenvalue weighted by Crippen LogP contribution is 2.31. The third-order valence-electron chi connectivity index (χ3n) is 3.40. The molecule has 0 atom stereocenters. The van der Waals surface area contributed by atoms with Crippen LogP contribution in [-0.2, 0) is 0 Å². The Bertz CT molecular complexity index is 468. The van der Waals surface area contributed by atoms with Crippen LogP contribution in [0.5, 0.6) is 11.5 Å². The first-order chi connectivity index (χ1) is 8.43. The Balaban J connectivity index is 2.19. The van der Waals surface area contributed by atoms with Crippen LogP contribution in [0.25, 0.3) is 0 Å². The van der Waals surface area contributed by atoms with E-state index in [2.05, 4.69) is 13.8 Å². The van der Waals surface area contributed by atoms with E-state index in [9.17, 15) is 9.90 Å². The molecule has 1 heterocycles. The summed E-state index contributed by atoms with van der Waals surface area (Å²) in [7, 11) is 1.53. The number of methoxy groups -OCH3 is 1. The Morgan fingerprint density at radius 3 is 2.67 bits per heavy atom. The molecular weight excluding hydrogens is 230 g/mol. The van der Waals surface area contributed by atoms with Crippen molar-refractivity contribution in [2.75, 3.05) is 20.2 Å². The third kappa shape index (κ3) is 2.42. The zero-order chi connectivity index (χ0) is 13.3. The average molecular weight is 249 g/mol. The van der Waals surface area contributed by atoms with Gasteiger partial charge in [-0.2, -0.15) is 0 Å². The van der Waals surface area contributed by atoms with Gasteiger partial charge >= 0.3 is 0 Å². The Kier molecular flexibility index (Phi) is 3.20. The van der Waals surface area contributed by atoms with Crippen molar-refractivity contribution in [2.45, 2.75) is 20.3 Å². The summed E-state index contributed by atoms with van der Waals surface area (Å²) in [5.74, 6) is 0.413. The molecule has 0 aromatic heterocycles. The Hall–Kier alpha value is -1.71. The predicted octanol–water partition coefficient (Wildman–Crippen LogP) is 2.27. The summed E-state index contributed by atoms with van der Waals surface area (Å²) < 4.78 is 5.00. The van der Waals surface area contributed by atoms with Gasteiger partial charge in [-0.25, -0.2) is 0 Å². The van der Waals surface area contributed by atoms with E-state index in [-0.39, 0.29) is 17.1 Å². The number of phenolic OH excluding ortho intramolecular Hbond substituents is 1. The molecule has 1 N–H and O–H groups in total. The van der Waals surface area contributed by atoms with Gasteiger partial charge in [0.15, 0.2) is 0 Å². The van der Waals surface area contributed by atoms with Crippen LogP contribution < -0.4 is 4.74 Å². The molecule has 0 aliphatic carbocycles. The summed E-state index contributed by atoms with van der Waals surface area (Å²) >= 11 is 0. The molecule has 4 nitrogen and oxygen atoms in total. The number of carbonyl (C=O) groups is 1. The molecule has 1 aromatic rings. The fourth-order valence-electron chi connectivity index (χ4n) is 2.28. The molecular formula is C14H19NO3. The van der Waals surface area contributed by atoms with Crippen molar-refractivity contribution in [3.8, 4) is 11.5 Å². The topological polar surface area (TPSA) is 49.8 Å². The molecule has 0 bridgehead atoms. The van der Waals surface area contributed by atoms with Crippen LogP contribution in [0, 0.1) is 5.41 Å². The van der Waals surface area contributed by atoms with E-state index in [4.69, 9.17) is 4.74 Å². The number of hydrogen-bond acceptors (Lipinski definition) is 3. The second-order valence-corrected chi connectivity index (χ2v) is 5.52. The number of ether oxygens (including phenoxy) is 1. The van der Waals surface area contributed by atoms with Crippen molar-refractivity contribution in [3.63, 3.8) is 0 Å². The van der Waals surface area contributed by atoms with Crippen molar-refractivity contribution in [1.29, 1.82) is 0 Å². The summed E-state index contributed by atoms with van der Waals surface area (Å²) in [6, 6.07) is 4.77. The van der Waals surface area contributed by atoms with Crippen LogP contribution in [0.1, 0.15) is 30.6 Å². The SMILES string of the molecule is COc1ccc(C(=O)N2CCC(C)(C)C2)c(O)c1. The summed E-state index contributed by atoms with van der Waals surface area (Å²) in [6.45, 7) is 5.77. The Morgan fingerprint density at radius 1 is 1.44 bits per heavy atom. The molecule has 0 saturated carbocycles. The monoisotopic (exact) mass is 249 g/mol. The predicted molar refractivity (Wildman–Crippen MR) is 69.0 cm³/mol. The molecule has 1 aromatic carbocycles. The molecule has 18 heavy (non-hydrogen) atoms. The number of likely N-dealkylation sites (tertiary alicyclic amines) is 1. The summed E-state index contributed by atoms with van der Waals surface area (Å²) in [6.07, 6.45) is 0.996. The van der Waals surface area contributed by atoms with Crippen LogP contribution in [0.3, 0.4) is 0 Å². The maximum absolute atomic E-state index is 12.3. The average Bonchev–Trinajstić information content (AvgIpc) is 2.68. The fourth-order valence-corrected chi connectivity index (χ4v) is 2.28. The quantitative estimate of drug-likeness (QED) is 0.874. The van der Waals surface area contributed by atoms with Gasteiger partial charge in [-0.15, -0.1) is 0 Å². The first-order valence-electron chi connectivity index (χ1n) is 6.09. The number of phenols is 1. The second kappa shape index (κ2) is 4.52. The lowest BCUT2D eigenvalue weighted by atomic mass is 9.93. The van der Waals surface area contributed by atoms with Crippen molar-refractivity contribution in [3.05, 3.63) is 23.8 Å². The highest BCUT2D eigenvalue weighted by molar-refractivity contribution is 5.97. The molecule has 98 valence electrons. The van der Waals surface area contributed by atoms with Crippen molar-refractivity contribution < 1.29 is 14.6 Å². The second-order valence-electron chi connectivity index (χ2n) is 5.52. The minimum Gasteiger partial charge on any atom is -0.507 e. The highest BCUT2D eigenvalue weighted by atomic mass is 16.5. The number of benzene rings is 1. The summed E-state index contributed by atoms with van der Waals surface area (Å²) in [5, 5.41) is 9.86.